The summed E-state index contributed by atoms with van der Waals surface area (Å²) < 4.78 is 29.8. The van der Waals surface area contributed by atoms with Gasteiger partial charge < -0.3 is 30.2 Å². The van der Waals surface area contributed by atoms with Crippen molar-refractivity contribution in [3.8, 4) is 28.5 Å². The zero-order valence-electron chi connectivity index (χ0n) is 29.9. The van der Waals surface area contributed by atoms with E-state index in [0.29, 0.717) is 44.9 Å². The van der Waals surface area contributed by atoms with Crippen LogP contribution in [0.15, 0.2) is 137 Å². The topological polar surface area (TPSA) is 128 Å². The number of anilines is 2. The van der Waals surface area contributed by atoms with Gasteiger partial charge in [0.25, 0.3) is 11.8 Å². The maximum Gasteiger partial charge on any atom is 0.272 e. The Kier molecular flexibility index (Phi) is 12.6. The number of benzene rings is 5. The largest absolute Gasteiger partial charge is 0.493 e. The van der Waals surface area contributed by atoms with E-state index in [0.717, 1.165) is 16.0 Å². The Morgan fingerprint density at radius 3 is 2.04 bits per heavy atom. The van der Waals surface area contributed by atoms with Crippen LogP contribution in [0.2, 0.25) is 0 Å². The van der Waals surface area contributed by atoms with E-state index < -0.39 is 17.1 Å². The molecule has 6 aromatic rings. The monoisotopic (exact) mass is 774 g/mol. The van der Waals surface area contributed by atoms with Gasteiger partial charge in [-0.1, -0.05) is 48.5 Å². The Labute approximate surface area is 325 Å². The quantitative estimate of drug-likeness (QED) is 0.0740. The van der Waals surface area contributed by atoms with E-state index >= 15 is 0 Å². The average Bonchev–Trinajstić information content (AvgIpc) is 3.68. The summed E-state index contributed by atoms with van der Waals surface area (Å²) in [6.45, 7) is 0. The second-order valence-electron chi connectivity index (χ2n) is 11.8. The molecule has 1 aromatic heterocycles. The van der Waals surface area contributed by atoms with Crippen molar-refractivity contribution in [2.24, 2.45) is 0 Å². The van der Waals surface area contributed by atoms with Gasteiger partial charge in [0.15, 0.2) is 16.6 Å². The van der Waals surface area contributed by atoms with Crippen LogP contribution in [0.3, 0.4) is 0 Å². The summed E-state index contributed by atoms with van der Waals surface area (Å²) in [6, 6.07) is 34.3. The molecule has 1 heterocycles. The average molecular weight is 775 g/mol. The van der Waals surface area contributed by atoms with Crippen LogP contribution in [0, 0.1) is 5.82 Å². The number of carbonyl (C=O) groups is 3. The maximum absolute atomic E-state index is 13.8. The molecule has 0 spiro atoms. The molecule has 1 unspecified atom stereocenters. The van der Waals surface area contributed by atoms with E-state index in [1.165, 1.54) is 62.6 Å². The number of rotatable bonds is 14. The number of aromatic nitrogens is 1. The predicted molar refractivity (Wildman–Crippen MR) is 214 cm³/mol. The first-order valence-electron chi connectivity index (χ1n) is 16.8. The standard InChI is InChI=1S/C42H35FN4O6S2/c1-51-35-23-26(24-36(52-2)37(35)53-3)22-33(45-39(48)29-12-8-5-9-13-29)40(49)44-31-18-20-32(21-19-31)55-38(28-10-6-4-7-11-28)41(50)47-42-46-34(25-54-42)27-14-16-30(43)17-15-27/h4-25,38H,1-3H3,(H,44,49)(H,45,48)(H,46,47,50)/b33-22-. The third kappa shape index (κ3) is 9.76. The molecule has 0 aliphatic rings. The zero-order valence-corrected chi connectivity index (χ0v) is 31.5. The molecule has 0 aliphatic carbocycles. The van der Waals surface area contributed by atoms with Crippen molar-refractivity contribution < 1.29 is 33.0 Å². The third-order valence-electron chi connectivity index (χ3n) is 8.11. The normalized spacial score (nSPS) is 11.6. The van der Waals surface area contributed by atoms with Gasteiger partial charge in [-0.2, -0.15) is 0 Å². The summed E-state index contributed by atoms with van der Waals surface area (Å²) >= 11 is 2.61. The smallest absolute Gasteiger partial charge is 0.272 e. The molecule has 0 radical (unpaired) electrons. The first-order valence-corrected chi connectivity index (χ1v) is 18.5. The van der Waals surface area contributed by atoms with Crippen molar-refractivity contribution in [2.45, 2.75) is 10.1 Å². The van der Waals surface area contributed by atoms with Crippen molar-refractivity contribution in [1.82, 2.24) is 10.3 Å². The first-order chi connectivity index (χ1) is 26.7. The number of amides is 3. The molecule has 0 saturated carbocycles. The molecule has 10 nitrogen and oxygen atoms in total. The van der Waals surface area contributed by atoms with Crippen LogP contribution in [0.25, 0.3) is 17.3 Å². The number of hydrogen-bond donors (Lipinski definition) is 3. The van der Waals surface area contributed by atoms with Gasteiger partial charge in [0, 0.05) is 27.1 Å². The highest BCUT2D eigenvalue weighted by Gasteiger charge is 2.24. The number of methoxy groups -OCH3 is 3. The molecule has 6 rings (SSSR count). The van der Waals surface area contributed by atoms with Crippen LogP contribution in [-0.2, 0) is 9.59 Å². The lowest BCUT2D eigenvalue weighted by Crippen LogP contribution is -2.30. The van der Waals surface area contributed by atoms with Crippen LogP contribution < -0.4 is 30.2 Å². The van der Waals surface area contributed by atoms with Crippen molar-refractivity contribution in [3.63, 3.8) is 0 Å². The van der Waals surface area contributed by atoms with Crippen LogP contribution in [0.5, 0.6) is 17.2 Å². The van der Waals surface area contributed by atoms with Gasteiger partial charge in [0.2, 0.25) is 11.7 Å². The molecule has 5 aromatic carbocycles. The maximum atomic E-state index is 13.8. The molecule has 3 amide bonds. The summed E-state index contributed by atoms with van der Waals surface area (Å²) in [5.41, 5.74) is 3.45. The molecule has 0 aliphatic heterocycles. The Balaban J connectivity index is 1.21. The number of thioether (sulfide) groups is 1. The minimum Gasteiger partial charge on any atom is -0.493 e. The van der Waals surface area contributed by atoms with Gasteiger partial charge in [-0.05, 0) is 90.0 Å². The van der Waals surface area contributed by atoms with E-state index in [1.54, 1.807) is 84.2 Å². The van der Waals surface area contributed by atoms with Crippen LogP contribution in [-0.4, -0.2) is 44.0 Å². The molecule has 1 atom stereocenters. The van der Waals surface area contributed by atoms with Crippen LogP contribution in [0.1, 0.15) is 26.7 Å². The summed E-state index contributed by atoms with van der Waals surface area (Å²) in [4.78, 5) is 46.0. The van der Waals surface area contributed by atoms with E-state index in [1.807, 2.05) is 30.3 Å². The van der Waals surface area contributed by atoms with Crippen molar-refractivity contribution in [1.29, 1.82) is 0 Å². The van der Waals surface area contributed by atoms with Gasteiger partial charge in [0.05, 0.1) is 27.0 Å². The predicted octanol–water partition coefficient (Wildman–Crippen LogP) is 8.86. The molecule has 55 heavy (non-hydrogen) atoms. The Hall–Kier alpha value is -6.44. The summed E-state index contributed by atoms with van der Waals surface area (Å²) in [6.07, 6.45) is 1.51. The van der Waals surface area contributed by atoms with Crippen molar-refractivity contribution in [3.05, 3.63) is 155 Å². The molecule has 0 saturated heterocycles. The number of carbonyl (C=O) groups excluding carboxylic acids is 3. The van der Waals surface area contributed by atoms with Crippen molar-refractivity contribution in [2.75, 3.05) is 32.0 Å². The summed E-state index contributed by atoms with van der Waals surface area (Å²) in [5, 5.41) is 10.1. The lowest BCUT2D eigenvalue weighted by Gasteiger charge is -2.17. The van der Waals surface area contributed by atoms with Gasteiger partial charge >= 0.3 is 0 Å². The van der Waals surface area contributed by atoms with Gasteiger partial charge in [-0.15, -0.1) is 23.1 Å². The lowest BCUT2D eigenvalue weighted by atomic mass is 10.1. The summed E-state index contributed by atoms with van der Waals surface area (Å²) in [5.74, 6) is -0.542. The number of hydrogen-bond acceptors (Lipinski definition) is 9. The number of nitrogens with zero attached hydrogens (tertiary/aromatic N) is 1. The second kappa shape index (κ2) is 18.1. The molecular formula is C42H35FN4O6S2. The highest BCUT2D eigenvalue weighted by Crippen LogP contribution is 2.39. The first kappa shape index (κ1) is 38.3. The lowest BCUT2D eigenvalue weighted by molar-refractivity contribution is -0.116. The van der Waals surface area contributed by atoms with Crippen LogP contribution in [0.4, 0.5) is 15.2 Å². The molecule has 3 N–H and O–H groups in total. The van der Waals surface area contributed by atoms with Gasteiger partial charge in [-0.25, -0.2) is 9.37 Å². The fraction of sp³-hybridized carbons (Fsp3) is 0.0952. The Bertz CT molecular complexity index is 2280. The van der Waals surface area contributed by atoms with E-state index in [2.05, 4.69) is 20.9 Å². The SMILES string of the molecule is COc1cc(/C=C(\NC(=O)c2ccccc2)C(=O)Nc2ccc(SC(C(=O)Nc3nc(-c4ccc(F)cc4)cs3)c3ccccc3)cc2)cc(OC)c1OC. The van der Waals surface area contributed by atoms with E-state index in [9.17, 15) is 18.8 Å². The van der Waals surface area contributed by atoms with Gasteiger partial charge in [0.1, 0.15) is 16.8 Å². The number of halogens is 1. The van der Waals surface area contributed by atoms with E-state index in [-0.39, 0.29) is 17.4 Å². The molecular weight excluding hydrogens is 740 g/mol. The third-order valence-corrected chi connectivity index (χ3v) is 10.1. The fourth-order valence-corrected chi connectivity index (χ4v) is 7.15. The zero-order chi connectivity index (χ0) is 38.7. The molecule has 0 bridgehead atoms. The minimum absolute atomic E-state index is 0.0350. The highest BCUT2D eigenvalue weighted by atomic mass is 32.2. The molecule has 278 valence electrons. The Morgan fingerprint density at radius 2 is 1.42 bits per heavy atom. The Morgan fingerprint density at radius 1 is 0.782 bits per heavy atom. The number of thiazole rings is 1. The molecule has 13 heteroatoms. The highest BCUT2D eigenvalue weighted by molar-refractivity contribution is 8.00. The van der Waals surface area contributed by atoms with E-state index in [4.69, 9.17) is 14.2 Å². The number of nitrogens with one attached hydrogen (secondary N) is 3. The fourth-order valence-electron chi connectivity index (χ4n) is 5.40. The van der Waals surface area contributed by atoms with Crippen molar-refractivity contribution >= 4 is 57.7 Å². The second-order valence-corrected chi connectivity index (χ2v) is 13.8. The minimum atomic E-state index is -0.638. The summed E-state index contributed by atoms with van der Waals surface area (Å²) in [7, 11) is 4.46. The van der Waals surface area contributed by atoms with Gasteiger partial charge in [-0.3, -0.25) is 14.4 Å². The number of ether oxygens (including phenoxy) is 3. The molecule has 0 fully saturated rings. The van der Waals surface area contributed by atoms with Crippen LogP contribution >= 0.6 is 23.1 Å².